The van der Waals surface area contributed by atoms with Crippen LogP contribution in [0.5, 0.6) is 11.5 Å². The van der Waals surface area contributed by atoms with E-state index < -0.39 is 0 Å². The molecule has 0 aliphatic carbocycles. The Morgan fingerprint density at radius 1 is 1.05 bits per heavy atom. The average molecular weight is 324 g/mol. The van der Waals surface area contributed by atoms with Crippen molar-refractivity contribution in [1.82, 2.24) is 5.32 Å². The van der Waals surface area contributed by atoms with Gasteiger partial charge in [0.2, 0.25) is 0 Å². The van der Waals surface area contributed by atoms with Crippen molar-refractivity contribution in [2.75, 3.05) is 6.54 Å². The first-order valence-electron chi connectivity index (χ1n) is 7.04. The molecule has 0 heterocycles. The maximum absolute atomic E-state index is 6.29. The van der Waals surface area contributed by atoms with Crippen LogP contribution in [0, 0.1) is 6.92 Å². The van der Waals surface area contributed by atoms with E-state index in [0.717, 1.165) is 29.8 Å². The highest BCUT2D eigenvalue weighted by Crippen LogP contribution is 2.34. The zero-order valence-corrected chi connectivity index (χ0v) is 13.8. The molecule has 0 bridgehead atoms. The van der Waals surface area contributed by atoms with Crippen molar-refractivity contribution in [3.8, 4) is 11.5 Å². The number of hydrogen-bond donors (Lipinski definition) is 1. The van der Waals surface area contributed by atoms with Crippen molar-refractivity contribution in [3.05, 3.63) is 57.6 Å². The predicted octanol–water partition coefficient (Wildman–Crippen LogP) is 5.59. The van der Waals surface area contributed by atoms with E-state index in [1.54, 1.807) is 0 Å². The van der Waals surface area contributed by atoms with Crippen molar-refractivity contribution in [3.63, 3.8) is 0 Å². The number of ether oxygens (including phenoxy) is 1. The molecule has 2 aromatic carbocycles. The highest BCUT2D eigenvalue weighted by Gasteiger charge is 2.11. The van der Waals surface area contributed by atoms with Gasteiger partial charge in [-0.05, 0) is 49.7 Å². The lowest BCUT2D eigenvalue weighted by Gasteiger charge is -2.14. The Labute approximate surface area is 136 Å². The van der Waals surface area contributed by atoms with E-state index in [0.29, 0.717) is 22.3 Å². The lowest BCUT2D eigenvalue weighted by Crippen LogP contribution is -2.14. The van der Waals surface area contributed by atoms with Crippen LogP contribution in [0.15, 0.2) is 36.4 Å². The molecule has 2 aromatic rings. The molecule has 2 nitrogen and oxygen atoms in total. The van der Waals surface area contributed by atoms with Crippen LogP contribution in [-0.2, 0) is 6.54 Å². The van der Waals surface area contributed by atoms with Crippen molar-refractivity contribution < 1.29 is 4.74 Å². The van der Waals surface area contributed by atoms with Gasteiger partial charge in [-0.1, -0.05) is 42.3 Å². The summed E-state index contributed by atoms with van der Waals surface area (Å²) in [7, 11) is 0. The normalized spacial score (nSPS) is 10.7. The zero-order chi connectivity index (χ0) is 15.2. The van der Waals surface area contributed by atoms with Gasteiger partial charge in [-0.2, -0.15) is 0 Å². The first kappa shape index (κ1) is 16.2. The third-order valence-corrected chi connectivity index (χ3v) is 3.78. The number of rotatable bonds is 6. The summed E-state index contributed by atoms with van der Waals surface area (Å²) in [6, 6.07) is 11.4. The van der Waals surface area contributed by atoms with E-state index in [1.807, 2.05) is 43.3 Å². The molecule has 0 amide bonds. The molecule has 21 heavy (non-hydrogen) atoms. The van der Waals surface area contributed by atoms with Crippen LogP contribution >= 0.6 is 23.2 Å². The smallest absolute Gasteiger partial charge is 0.146 e. The lowest BCUT2D eigenvalue weighted by molar-refractivity contribution is 0.472. The van der Waals surface area contributed by atoms with E-state index in [4.69, 9.17) is 27.9 Å². The molecule has 0 fully saturated rings. The van der Waals surface area contributed by atoms with Crippen LogP contribution in [0.3, 0.4) is 0 Å². The summed E-state index contributed by atoms with van der Waals surface area (Å²) >= 11 is 12.5. The summed E-state index contributed by atoms with van der Waals surface area (Å²) in [4.78, 5) is 0. The van der Waals surface area contributed by atoms with Crippen LogP contribution in [0.1, 0.15) is 24.5 Å². The molecule has 0 spiro atoms. The second-order valence-corrected chi connectivity index (χ2v) is 5.74. The van der Waals surface area contributed by atoms with Gasteiger partial charge in [0.15, 0.2) is 0 Å². The quantitative estimate of drug-likeness (QED) is 0.699. The molecular weight excluding hydrogens is 305 g/mol. The summed E-state index contributed by atoms with van der Waals surface area (Å²) < 4.78 is 5.98. The Morgan fingerprint density at radius 3 is 2.62 bits per heavy atom. The van der Waals surface area contributed by atoms with E-state index >= 15 is 0 Å². The highest BCUT2D eigenvalue weighted by molar-refractivity contribution is 6.32. The Kier molecular flexibility index (Phi) is 5.92. The summed E-state index contributed by atoms with van der Waals surface area (Å²) in [5.74, 6) is 1.38. The molecule has 0 unspecified atom stereocenters. The summed E-state index contributed by atoms with van der Waals surface area (Å²) in [6.07, 6.45) is 1.07. The van der Waals surface area contributed by atoms with Gasteiger partial charge in [0.05, 0.1) is 5.02 Å². The number of halogens is 2. The minimum atomic E-state index is 0.591. The lowest BCUT2D eigenvalue weighted by atomic mass is 10.2. The van der Waals surface area contributed by atoms with Crippen LogP contribution in [-0.4, -0.2) is 6.54 Å². The molecule has 0 aliphatic heterocycles. The second-order valence-electron chi connectivity index (χ2n) is 4.93. The van der Waals surface area contributed by atoms with Crippen LogP contribution in [0.4, 0.5) is 0 Å². The molecule has 1 N–H and O–H groups in total. The Bertz CT molecular complexity index is 614. The molecule has 0 saturated heterocycles. The van der Waals surface area contributed by atoms with Gasteiger partial charge in [0.25, 0.3) is 0 Å². The van der Waals surface area contributed by atoms with Crippen molar-refractivity contribution in [2.24, 2.45) is 0 Å². The van der Waals surface area contributed by atoms with Gasteiger partial charge in [-0.3, -0.25) is 0 Å². The van der Waals surface area contributed by atoms with E-state index in [1.165, 1.54) is 0 Å². The third-order valence-electron chi connectivity index (χ3n) is 3.11. The molecule has 0 aliphatic rings. The maximum Gasteiger partial charge on any atom is 0.146 e. The minimum absolute atomic E-state index is 0.591. The van der Waals surface area contributed by atoms with E-state index in [2.05, 4.69) is 12.2 Å². The number of hydrogen-bond acceptors (Lipinski definition) is 2. The van der Waals surface area contributed by atoms with E-state index in [9.17, 15) is 0 Å². The molecule has 4 heteroatoms. The molecule has 112 valence electrons. The predicted molar refractivity (Wildman–Crippen MR) is 89.7 cm³/mol. The van der Waals surface area contributed by atoms with E-state index in [-0.39, 0.29) is 0 Å². The average Bonchev–Trinajstić information content (AvgIpc) is 2.46. The van der Waals surface area contributed by atoms with Gasteiger partial charge in [0, 0.05) is 17.1 Å². The van der Waals surface area contributed by atoms with Gasteiger partial charge in [0.1, 0.15) is 11.5 Å². The Balaban J connectivity index is 2.26. The second kappa shape index (κ2) is 7.69. The Hall–Kier alpha value is -1.22. The largest absolute Gasteiger partial charge is 0.455 e. The summed E-state index contributed by atoms with van der Waals surface area (Å²) in [5, 5.41) is 4.63. The minimum Gasteiger partial charge on any atom is -0.455 e. The van der Waals surface area contributed by atoms with Gasteiger partial charge >= 0.3 is 0 Å². The first-order valence-corrected chi connectivity index (χ1v) is 7.79. The molecule has 0 aromatic heterocycles. The van der Waals surface area contributed by atoms with Crippen LogP contribution < -0.4 is 10.1 Å². The fourth-order valence-electron chi connectivity index (χ4n) is 2.00. The standard InChI is InChI=1S/C17H19Cl2NO/c1-3-9-20-11-13-14(18)5-4-6-16(13)21-17-10-12(2)7-8-15(17)19/h4-8,10,20H,3,9,11H2,1-2H3. The SMILES string of the molecule is CCCNCc1c(Cl)cccc1Oc1cc(C)ccc1Cl. The van der Waals surface area contributed by atoms with Gasteiger partial charge < -0.3 is 10.1 Å². The monoisotopic (exact) mass is 323 g/mol. The topological polar surface area (TPSA) is 21.3 Å². The summed E-state index contributed by atoms with van der Waals surface area (Å²) in [5.41, 5.74) is 2.05. The fraction of sp³-hybridized carbons (Fsp3) is 0.294. The Morgan fingerprint density at radius 2 is 1.86 bits per heavy atom. The molecule has 0 atom stereocenters. The van der Waals surface area contributed by atoms with Crippen LogP contribution in [0.2, 0.25) is 10.0 Å². The highest BCUT2D eigenvalue weighted by atomic mass is 35.5. The van der Waals surface area contributed by atoms with Crippen molar-refractivity contribution in [2.45, 2.75) is 26.8 Å². The first-order chi connectivity index (χ1) is 10.1. The third kappa shape index (κ3) is 4.37. The number of aryl methyl sites for hydroxylation is 1. The molecule has 0 saturated carbocycles. The molecule has 2 rings (SSSR count). The number of benzene rings is 2. The van der Waals surface area contributed by atoms with Crippen molar-refractivity contribution in [1.29, 1.82) is 0 Å². The van der Waals surface area contributed by atoms with Gasteiger partial charge in [-0.15, -0.1) is 0 Å². The van der Waals surface area contributed by atoms with Gasteiger partial charge in [-0.25, -0.2) is 0 Å². The van der Waals surface area contributed by atoms with Crippen molar-refractivity contribution >= 4 is 23.2 Å². The maximum atomic E-state index is 6.29. The fourth-order valence-corrected chi connectivity index (χ4v) is 2.39. The summed E-state index contributed by atoms with van der Waals surface area (Å²) in [6.45, 7) is 5.75. The van der Waals surface area contributed by atoms with Crippen LogP contribution in [0.25, 0.3) is 0 Å². The zero-order valence-electron chi connectivity index (χ0n) is 12.2. The molecular formula is C17H19Cl2NO. The number of nitrogens with one attached hydrogen (secondary N) is 1. The molecule has 0 radical (unpaired) electrons.